The van der Waals surface area contributed by atoms with Crippen molar-refractivity contribution in [3.05, 3.63) is 66.5 Å². The molecule has 3 aromatic rings. The Hall–Kier alpha value is -3.41. The summed E-state index contributed by atoms with van der Waals surface area (Å²) in [5.74, 6) is 1.84. The van der Waals surface area contributed by atoms with Crippen molar-refractivity contribution >= 4 is 17.4 Å². The normalized spacial score (nSPS) is 14.4. The van der Waals surface area contributed by atoms with Crippen LogP contribution in [0.2, 0.25) is 0 Å². The second-order valence-corrected chi connectivity index (χ2v) is 7.56. The third kappa shape index (κ3) is 4.43. The number of nitrogens with one attached hydrogen (secondary N) is 1. The molecule has 154 valence electrons. The number of benzene rings is 2. The summed E-state index contributed by atoms with van der Waals surface area (Å²) in [6.07, 6.45) is 3.21. The molecule has 4 rings (SSSR count). The van der Waals surface area contributed by atoms with Gasteiger partial charge in [-0.2, -0.15) is 0 Å². The molecule has 0 saturated carbocycles. The Balaban J connectivity index is 1.39. The highest BCUT2D eigenvalue weighted by Gasteiger charge is 2.26. The van der Waals surface area contributed by atoms with Gasteiger partial charge in [0.05, 0.1) is 12.8 Å². The number of aryl methyl sites for hydroxylation is 1. The van der Waals surface area contributed by atoms with Gasteiger partial charge in [-0.25, -0.2) is 9.97 Å². The molecule has 6 nitrogen and oxygen atoms in total. The second kappa shape index (κ2) is 8.95. The number of carbonyl (C=O) groups is 1. The zero-order valence-electron chi connectivity index (χ0n) is 17.3. The third-order valence-corrected chi connectivity index (χ3v) is 5.63. The number of rotatable bonds is 5. The maximum absolute atomic E-state index is 12.7. The first-order valence-corrected chi connectivity index (χ1v) is 10.2. The average molecular weight is 402 g/mol. The summed E-state index contributed by atoms with van der Waals surface area (Å²) in [5, 5.41) is 3.08. The average Bonchev–Trinajstić information content (AvgIpc) is 2.81. The standard InChI is InChI=1S/C24H26N4O2/c1-17-5-3-4-6-21(17)27-24(29)19-11-13-28(14-12-19)23-15-22(25-16-26-23)18-7-9-20(30-2)10-8-18/h3-10,15-16,19H,11-14H2,1-2H3,(H,27,29). The molecular formula is C24H26N4O2. The molecule has 0 atom stereocenters. The Bertz CT molecular complexity index is 1010. The first kappa shape index (κ1) is 19.9. The molecule has 2 heterocycles. The number of methoxy groups -OCH3 is 1. The zero-order valence-corrected chi connectivity index (χ0v) is 17.3. The fourth-order valence-corrected chi connectivity index (χ4v) is 3.76. The van der Waals surface area contributed by atoms with Crippen molar-refractivity contribution in [3.8, 4) is 17.0 Å². The number of amides is 1. The fraction of sp³-hybridized carbons (Fsp3) is 0.292. The van der Waals surface area contributed by atoms with E-state index in [0.29, 0.717) is 0 Å². The van der Waals surface area contributed by atoms with Crippen LogP contribution in [0.25, 0.3) is 11.3 Å². The van der Waals surface area contributed by atoms with Crippen molar-refractivity contribution in [1.82, 2.24) is 9.97 Å². The monoisotopic (exact) mass is 402 g/mol. The molecule has 1 N–H and O–H groups in total. The molecule has 1 aliphatic rings. The first-order chi connectivity index (χ1) is 14.6. The fourth-order valence-electron chi connectivity index (χ4n) is 3.76. The maximum atomic E-state index is 12.7. The number of aromatic nitrogens is 2. The van der Waals surface area contributed by atoms with Crippen molar-refractivity contribution in [2.75, 3.05) is 30.4 Å². The van der Waals surface area contributed by atoms with E-state index in [1.165, 1.54) is 0 Å². The minimum absolute atomic E-state index is 0.0174. The Morgan fingerprint density at radius 1 is 1.07 bits per heavy atom. The van der Waals surface area contributed by atoms with Crippen molar-refractivity contribution in [3.63, 3.8) is 0 Å². The van der Waals surface area contributed by atoms with Gasteiger partial charge < -0.3 is 15.0 Å². The number of hydrogen-bond acceptors (Lipinski definition) is 5. The van der Waals surface area contributed by atoms with Gasteiger partial charge in [-0.3, -0.25) is 4.79 Å². The van der Waals surface area contributed by atoms with Gasteiger partial charge >= 0.3 is 0 Å². The Morgan fingerprint density at radius 3 is 2.50 bits per heavy atom. The summed E-state index contributed by atoms with van der Waals surface area (Å²) in [5.41, 5.74) is 3.87. The van der Waals surface area contributed by atoms with E-state index in [1.807, 2.05) is 61.5 Å². The van der Waals surface area contributed by atoms with E-state index in [2.05, 4.69) is 20.2 Å². The lowest BCUT2D eigenvalue weighted by atomic mass is 9.95. The molecule has 1 aliphatic heterocycles. The van der Waals surface area contributed by atoms with Crippen LogP contribution in [0.4, 0.5) is 11.5 Å². The summed E-state index contributed by atoms with van der Waals surface area (Å²) in [6.45, 7) is 3.60. The van der Waals surface area contributed by atoms with Crippen molar-refractivity contribution in [2.24, 2.45) is 5.92 Å². The molecule has 1 aromatic heterocycles. The van der Waals surface area contributed by atoms with Gasteiger partial charge in [-0.05, 0) is 55.7 Å². The van der Waals surface area contributed by atoms with Crippen LogP contribution in [-0.4, -0.2) is 36.1 Å². The lowest BCUT2D eigenvalue weighted by Crippen LogP contribution is -2.38. The second-order valence-electron chi connectivity index (χ2n) is 7.56. The van der Waals surface area contributed by atoms with E-state index in [1.54, 1.807) is 13.4 Å². The lowest BCUT2D eigenvalue weighted by Gasteiger charge is -2.32. The molecule has 0 spiro atoms. The van der Waals surface area contributed by atoms with Gasteiger partial charge in [0.1, 0.15) is 17.9 Å². The van der Waals surface area contributed by atoms with Crippen LogP contribution in [0, 0.1) is 12.8 Å². The Kier molecular flexibility index (Phi) is 5.93. The molecular weight excluding hydrogens is 376 g/mol. The molecule has 0 bridgehead atoms. The Labute approximate surface area is 176 Å². The van der Waals surface area contributed by atoms with Crippen LogP contribution >= 0.6 is 0 Å². The zero-order chi connectivity index (χ0) is 20.9. The van der Waals surface area contributed by atoms with Gasteiger partial charge in [-0.15, -0.1) is 0 Å². The highest BCUT2D eigenvalue weighted by Crippen LogP contribution is 2.27. The van der Waals surface area contributed by atoms with Crippen LogP contribution in [0.15, 0.2) is 60.9 Å². The van der Waals surface area contributed by atoms with Crippen LogP contribution < -0.4 is 15.0 Å². The van der Waals surface area contributed by atoms with E-state index in [4.69, 9.17) is 4.74 Å². The van der Waals surface area contributed by atoms with Crippen molar-refractivity contribution < 1.29 is 9.53 Å². The highest BCUT2D eigenvalue weighted by molar-refractivity contribution is 5.93. The van der Waals surface area contributed by atoms with E-state index in [0.717, 1.165) is 60.0 Å². The summed E-state index contributed by atoms with van der Waals surface area (Å²) >= 11 is 0. The number of carbonyl (C=O) groups excluding carboxylic acids is 1. The van der Waals surface area contributed by atoms with Gasteiger partial charge in [-0.1, -0.05) is 18.2 Å². The quantitative estimate of drug-likeness (QED) is 0.689. The van der Waals surface area contributed by atoms with Gasteiger partial charge in [0.2, 0.25) is 5.91 Å². The van der Waals surface area contributed by atoms with Crippen LogP contribution in [0.1, 0.15) is 18.4 Å². The minimum Gasteiger partial charge on any atom is -0.497 e. The summed E-state index contributed by atoms with van der Waals surface area (Å²) in [6, 6.07) is 17.7. The molecule has 0 unspecified atom stereocenters. The lowest BCUT2D eigenvalue weighted by molar-refractivity contribution is -0.120. The molecule has 1 saturated heterocycles. The third-order valence-electron chi connectivity index (χ3n) is 5.63. The Morgan fingerprint density at radius 2 is 1.80 bits per heavy atom. The van der Waals surface area contributed by atoms with Crippen LogP contribution in [0.3, 0.4) is 0 Å². The molecule has 2 aromatic carbocycles. The van der Waals surface area contributed by atoms with Gasteiger partial charge in [0, 0.05) is 36.3 Å². The number of ether oxygens (including phenoxy) is 1. The molecule has 0 aliphatic carbocycles. The van der Waals surface area contributed by atoms with E-state index >= 15 is 0 Å². The van der Waals surface area contributed by atoms with E-state index < -0.39 is 0 Å². The molecule has 1 fully saturated rings. The number of piperidine rings is 1. The predicted molar refractivity (Wildman–Crippen MR) is 119 cm³/mol. The highest BCUT2D eigenvalue weighted by atomic mass is 16.5. The van der Waals surface area contributed by atoms with Crippen LogP contribution in [0.5, 0.6) is 5.75 Å². The topological polar surface area (TPSA) is 67.3 Å². The number of nitrogens with zero attached hydrogens (tertiary/aromatic N) is 3. The van der Waals surface area contributed by atoms with Gasteiger partial charge in [0.25, 0.3) is 0 Å². The SMILES string of the molecule is COc1ccc(-c2cc(N3CCC(C(=O)Nc4ccccc4C)CC3)ncn2)cc1. The largest absolute Gasteiger partial charge is 0.497 e. The number of anilines is 2. The summed E-state index contributed by atoms with van der Waals surface area (Å²) in [4.78, 5) is 23.8. The van der Waals surface area contributed by atoms with Gasteiger partial charge in [0.15, 0.2) is 0 Å². The van der Waals surface area contributed by atoms with Crippen molar-refractivity contribution in [1.29, 1.82) is 0 Å². The minimum atomic E-state index is 0.0174. The molecule has 6 heteroatoms. The molecule has 30 heavy (non-hydrogen) atoms. The van der Waals surface area contributed by atoms with Crippen LogP contribution in [-0.2, 0) is 4.79 Å². The number of para-hydroxylation sites is 1. The summed E-state index contributed by atoms with van der Waals surface area (Å²) in [7, 11) is 1.66. The first-order valence-electron chi connectivity index (χ1n) is 10.2. The molecule has 1 amide bonds. The predicted octanol–water partition coefficient (Wildman–Crippen LogP) is 4.32. The summed E-state index contributed by atoms with van der Waals surface area (Å²) < 4.78 is 5.22. The number of hydrogen-bond donors (Lipinski definition) is 1. The van der Waals surface area contributed by atoms with Crippen molar-refractivity contribution in [2.45, 2.75) is 19.8 Å². The molecule has 0 radical (unpaired) electrons. The maximum Gasteiger partial charge on any atom is 0.227 e. The van der Waals surface area contributed by atoms with E-state index in [9.17, 15) is 4.79 Å². The smallest absolute Gasteiger partial charge is 0.227 e. The van der Waals surface area contributed by atoms with E-state index in [-0.39, 0.29) is 11.8 Å².